The number of hydrogen-bond donors (Lipinski definition) is 1. The van der Waals surface area contributed by atoms with E-state index in [1.165, 1.54) is 17.3 Å². The van der Waals surface area contributed by atoms with Crippen molar-refractivity contribution < 1.29 is 9.53 Å². The maximum atomic E-state index is 12.9. The second-order valence-electron chi connectivity index (χ2n) is 8.52. The number of rotatable bonds is 6. The molecular weight excluding hydrogens is 460 g/mol. The van der Waals surface area contributed by atoms with E-state index in [2.05, 4.69) is 20.6 Å². The molecule has 0 bridgehead atoms. The van der Waals surface area contributed by atoms with E-state index in [9.17, 15) is 4.79 Å². The first-order valence-electron chi connectivity index (χ1n) is 11.2. The molecule has 1 amide bonds. The first-order valence-corrected chi connectivity index (χ1v) is 12.2. The van der Waals surface area contributed by atoms with Crippen LogP contribution in [0.2, 0.25) is 0 Å². The van der Waals surface area contributed by atoms with E-state index in [1.54, 1.807) is 7.11 Å². The number of methoxy groups -OCH3 is 1. The highest BCUT2D eigenvalue weighted by molar-refractivity contribution is 7.99. The van der Waals surface area contributed by atoms with Gasteiger partial charge in [-0.05, 0) is 63.6 Å². The van der Waals surface area contributed by atoms with Gasteiger partial charge in [-0.25, -0.2) is 4.68 Å². The van der Waals surface area contributed by atoms with Crippen LogP contribution in [0.5, 0.6) is 5.75 Å². The van der Waals surface area contributed by atoms with Gasteiger partial charge in [0.05, 0.1) is 41.1 Å². The van der Waals surface area contributed by atoms with Crippen molar-refractivity contribution in [3.8, 4) is 11.4 Å². The summed E-state index contributed by atoms with van der Waals surface area (Å²) in [4.78, 5) is 12.9. The Morgan fingerprint density at radius 1 is 1.03 bits per heavy atom. The van der Waals surface area contributed by atoms with E-state index < -0.39 is 0 Å². The van der Waals surface area contributed by atoms with Gasteiger partial charge in [-0.1, -0.05) is 29.5 Å². The second kappa shape index (κ2) is 9.07. The number of aromatic nitrogens is 5. The summed E-state index contributed by atoms with van der Waals surface area (Å²) in [6, 6.07) is 16.1. The molecule has 35 heavy (non-hydrogen) atoms. The summed E-state index contributed by atoms with van der Waals surface area (Å²) in [6.45, 7) is 7.95. The van der Waals surface area contributed by atoms with Crippen LogP contribution in [0.15, 0.2) is 53.7 Å². The molecule has 0 atom stereocenters. The molecule has 0 saturated carbocycles. The summed E-state index contributed by atoms with van der Waals surface area (Å²) in [5, 5.41) is 18.1. The van der Waals surface area contributed by atoms with Gasteiger partial charge in [-0.2, -0.15) is 5.10 Å². The molecule has 8 nitrogen and oxygen atoms in total. The fraction of sp³-hybridized carbons (Fsp3) is 0.231. The summed E-state index contributed by atoms with van der Waals surface area (Å²) in [6.07, 6.45) is 0. The van der Waals surface area contributed by atoms with Gasteiger partial charge in [0.15, 0.2) is 10.8 Å². The van der Waals surface area contributed by atoms with Gasteiger partial charge in [0, 0.05) is 11.5 Å². The summed E-state index contributed by atoms with van der Waals surface area (Å²) in [7, 11) is 1.64. The summed E-state index contributed by atoms with van der Waals surface area (Å²) in [5.41, 5.74) is 7.30. The number of amides is 1. The highest BCUT2D eigenvalue weighted by Crippen LogP contribution is 2.29. The molecule has 0 aliphatic heterocycles. The van der Waals surface area contributed by atoms with Crippen molar-refractivity contribution in [2.75, 3.05) is 18.2 Å². The Morgan fingerprint density at radius 2 is 1.80 bits per heavy atom. The Morgan fingerprint density at radius 3 is 2.54 bits per heavy atom. The Labute approximate surface area is 207 Å². The van der Waals surface area contributed by atoms with E-state index >= 15 is 0 Å². The Hall–Kier alpha value is -3.85. The van der Waals surface area contributed by atoms with Crippen LogP contribution in [0, 0.1) is 27.7 Å². The summed E-state index contributed by atoms with van der Waals surface area (Å²) < 4.78 is 9.24. The third-order valence-electron chi connectivity index (χ3n) is 6.04. The number of nitrogens with zero attached hydrogens (tertiary/aromatic N) is 5. The number of aryl methyl sites for hydroxylation is 3. The van der Waals surface area contributed by atoms with Gasteiger partial charge in [0.2, 0.25) is 5.91 Å². The number of ether oxygens (including phenoxy) is 1. The monoisotopic (exact) mass is 486 g/mol. The van der Waals surface area contributed by atoms with E-state index in [1.807, 2.05) is 85.3 Å². The molecular formula is C26H26N6O2S. The number of carbonyl (C=O) groups is 1. The van der Waals surface area contributed by atoms with E-state index in [4.69, 9.17) is 4.74 Å². The molecule has 0 radical (unpaired) electrons. The Kier molecular flexibility index (Phi) is 5.94. The van der Waals surface area contributed by atoms with E-state index in [0.717, 1.165) is 50.6 Å². The maximum Gasteiger partial charge on any atom is 0.234 e. The van der Waals surface area contributed by atoms with Crippen LogP contribution in [0.4, 0.5) is 5.69 Å². The number of nitrogens with one attached hydrogen (secondary N) is 1. The predicted octanol–water partition coefficient (Wildman–Crippen LogP) is 5.04. The number of benzene rings is 2. The molecule has 3 aromatic heterocycles. The molecule has 0 aliphatic carbocycles. The van der Waals surface area contributed by atoms with Crippen molar-refractivity contribution in [3.63, 3.8) is 0 Å². The normalized spacial score (nSPS) is 11.3. The lowest BCUT2D eigenvalue weighted by atomic mass is 10.1. The minimum absolute atomic E-state index is 0.129. The average molecular weight is 487 g/mol. The highest BCUT2D eigenvalue weighted by Gasteiger charge is 2.17. The van der Waals surface area contributed by atoms with Crippen molar-refractivity contribution in [2.45, 2.75) is 32.9 Å². The fourth-order valence-electron chi connectivity index (χ4n) is 4.19. The van der Waals surface area contributed by atoms with Crippen LogP contribution in [0.25, 0.3) is 22.2 Å². The molecule has 5 rings (SSSR count). The third-order valence-corrected chi connectivity index (χ3v) is 6.97. The largest absolute Gasteiger partial charge is 0.497 e. The third kappa shape index (κ3) is 4.23. The van der Waals surface area contributed by atoms with E-state index in [-0.39, 0.29) is 11.7 Å². The molecule has 1 N–H and O–H groups in total. The second-order valence-corrected chi connectivity index (χ2v) is 9.46. The minimum atomic E-state index is -0.129. The number of thioether (sulfide) groups is 1. The molecule has 5 aromatic rings. The fourth-order valence-corrected chi connectivity index (χ4v) is 4.94. The molecule has 0 aliphatic rings. The van der Waals surface area contributed by atoms with E-state index in [0.29, 0.717) is 5.16 Å². The highest BCUT2D eigenvalue weighted by atomic mass is 32.2. The van der Waals surface area contributed by atoms with Crippen LogP contribution in [-0.2, 0) is 4.79 Å². The molecule has 0 saturated heterocycles. The predicted molar refractivity (Wildman–Crippen MR) is 139 cm³/mol. The minimum Gasteiger partial charge on any atom is -0.497 e. The lowest BCUT2D eigenvalue weighted by Gasteiger charge is -2.10. The molecule has 2 aromatic carbocycles. The molecule has 0 spiro atoms. The number of carbonyl (C=O) groups excluding carboxylic acids is 1. The van der Waals surface area contributed by atoms with Gasteiger partial charge >= 0.3 is 0 Å². The molecule has 178 valence electrons. The van der Waals surface area contributed by atoms with Crippen molar-refractivity contribution in [3.05, 3.63) is 71.0 Å². The lowest BCUT2D eigenvalue weighted by molar-refractivity contribution is -0.113. The number of anilines is 1. The van der Waals surface area contributed by atoms with Gasteiger partial charge in [-0.15, -0.1) is 10.2 Å². The maximum absolute atomic E-state index is 12.9. The average Bonchev–Trinajstić information content (AvgIpc) is 3.38. The zero-order valence-electron chi connectivity index (χ0n) is 20.3. The first kappa shape index (κ1) is 22.9. The van der Waals surface area contributed by atoms with Gasteiger partial charge < -0.3 is 10.1 Å². The van der Waals surface area contributed by atoms with Crippen LogP contribution in [0.3, 0.4) is 0 Å². The molecule has 0 fully saturated rings. The van der Waals surface area contributed by atoms with Crippen LogP contribution < -0.4 is 10.1 Å². The van der Waals surface area contributed by atoms with Crippen molar-refractivity contribution in [1.29, 1.82) is 0 Å². The number of hydrogen-bond acceptors (Lipinski definition) is 6. The Bertz CT molecular complexity index is 1570. The quantitative estimate of drug-likeness (QED) is 0.338. The first-order chi connectivity index (χ1) is 16.9. The Balaban J connectivity index is 1.38. The van der Waals surface area contributed by atoms with Gasteiger partial charge in [0.1, 0.15) is 5.75 Å². The van der Waals surface area contributed by atoms with Crippen LogP contribution in [0.1, 0.15) is 22.5 Å². The van der Waals surface area contributed by atoms with Crippen molar-refractivity contribution in [2.24, 2.45) is 0 Å². The molecule has 0 unspecified atom stereocenters. The standard InChI is InChI=1S/C26H26N6O2S/c1-15-6-8-19(9-7-15)32-18(4)25(17(3)30-32)27-24(33)14-35-26-29-28-23-12-16(2)21-11-10-20(34-5)13-22(21)31(23)26/h6-13H,14H2,1-5H3,(H,27,33). The van der Waals surface area contributed by atoms with Gasteiger partial charge in [-0.3, -0.25) is 9.20 Å². The summed E-state index contributed by atoms with van der Waals surface area (Å²) in [5.74, 6) is 0.813. The lowest BCUT2D eigenvalue weighted by Crippen LogP contribution is -2.15. The zero-order valence-corrected chi connectivity index (χ0v) is 21.1. The summed E-state index contributed by atoms with van der Waals surface area (Å²) >= 11 is 1.34. The smallest absolute Gasteiger partial charge is 0.234 e. The molecule has 3 heterocycles. The van der Waals surface area contributed by atoms with Crippen LogP contribution >= 0.6 is 11.8 Å². The zero-order chi connectivity index (χ0) is 24.7. The van der Waals surface area contributed by atoms with Crippen LogP contribution in [-0.4, -0.2) is 43.1 Å². The SMILES string of the molecule is COc1ccc2c(C)cc3nnc(SCC(=O)Nc4c(C)nn(-c5ccc(C)cc5)c4C)n3c2c1. The number of pyridine rings is 1. The van der Waals surface area contributed by atoms with Gasteiger partial charge in [0.25, 0.3) is 0 Å². The number of fused-ring (bicyclic) bond motifs is 3. The van der Waals surface area contributed by atoms with Crippen molar-refractivity contribution in [1.82, 2.24) is 24.4 Å². The van der Waals surface area contributed by atoms with Crippen molar-refractivity contribution >= 4 is 39.9 Å². The topological polar surface area (TPSA) is 86.3 Å². The molecule has 9 heteroatoms.